The van der Waals surface area contributed by atoms with E-state index < -0.39 is 5.54 Å². The number of nitrogens with two attached hydrogens (primary N) is 1. The average molecular weight is 444 g/mol. The Kier molecular flexibility index (Phi) is 9.20. The van der Waals surface area contributed by atoms with Crippen LogP contribution >= 0.6 is 36.6 Å². The predicted octanol–water partition coefficient (Wildman–Crippen LogP) is 1.69. The number of carbonyl (C=O) groups excluding carboxylic acids is 1. The first-order valence-corrected chi connectivity index (χ1v) is 10.6. The molecule has 3 rings (SSSR count). The summed E-state index contributed by atoms with van der Waals surface area (Å²) in [4.78, 5) is 15.5. The molecule has 3 unspecified atom stereocenters. The fourth-order valence-corrected chi connectivity index (χ4v) is 5.84. The van der Waals surface area contributed by atoms with Crippen LogP contribution in [0.25, 0.3) is 0 Å². The molecular weight excluding hydrogens is 409 g/mol. The Balaban J connectivity index is 0.00000182. The second-order valence-electron chi connectivity index (χ2n) is 8.15. The topological polar surface area (TPSA) is 76.8 Å². The number of nitrogens with one attached hydrogen (secondary N) is 1. The zero-order valence-electron chi connectivity index (χ0n) is 16.6. The van der Waals surface area contributed by atoms with Crippen LogP contribution in [-0.2, 0) is 14.3 Å². The van der Waals surface area contributed by atoms with Gasteiger partial charge in [-0.2, -0.15) is 11.8 Å². The van der Waals surface area contributed by atoms with Gasteiger partial charge in [0.15, 0.2) is 0 Å². The van der Waals surface area contributed by atoms with Crippen molar-refractivity contribution in [3.05, 3.63) is 0 Å². The molecule has 0 spiro atoms. The van der Waals surface area contributed by atoms with Gasteiger partial charge in [-0.25, -0.2) is 0 Å². The number of halogens is 2. The van der Waals surface area contributed by atoms with Gasteiger partial charge in [-0.15, -0.1) is 24.8 Å². The lowest BCUT2D eigenvalue weighted by Crippen LogP contribution is -2.76. The van der Waals surface area contributed by atoms with E-state index in [9.17, 15) is 4.79 Å². The molecule has 0 aromatic rings. The molecule has 27 heavy (non-hydrogen) atoms. The summed E-state index contributed by atoms with van der Waals surface area (Å²) in [6.07, 6.45) is 1.77. The predicted molar refractivity (Wildman–Crippen MR) is 115 cm³/mol. The van der Waals surface area contributed by atoms with Gasteiger partial charge >= 0.3 is 0 Å². The van der Waals surface area contributed by atoms with Crippen LogP contribution in [0.3, 0.4) is 0 Å². The van der Waals surface area contributed by atoms with Crippen LogP contribution < -0.4 is 11.1 Å². The summed E-state index contributed by atoms with van der Waals surface area (Å²) in [5, 5.41) is 3.21. The van der Waals surface area contributed by atoms with Crippen molar-refractivity contribution < 1.29 is 14.3 Å². The lowest BCUT2D eigenvalue weighted by Gasteiger charge is -2.57. The van der Waals surface area contributed by atoms with Gasteiger partial charge in [0.25, 0.3) is 0 Å². The van der Waals surface area contributed by atoms with Gasteiger partial charge in [0, 0.05) is 49.4 Å². The lowest BCUT2D eigenvalue weighted by molar-refractivity contribution is -0.171. The van der Waals surface area contributed by atoms with Crippen molar-refractivity contribution in [3.8, 4) is 0 Å². The highest BCUT2D eigenvalue weighted by Gasteiger charge is 2.63. The van der Waals surface area contributed by atoms with Crippen molar-refractivity contribution in [2.45, 2.75) is 50.8 Å². The Labute approximate surface area is 179 Å². The van der Waals surface area contributed by atoms with Crippen LogP contribution in [0.5, 0.6) is 0 Å². The molecule has 1 amide bonds. The second-order valence-corrected chi connectivity index (χ2v) is 9.26. The smallest absolute Gasteiger partial charge is 0.240 e. The molecule has 0 aromatic carbocycles. The Morgan fingerprint density at radius 1 is 1.33 bits per heavy atom. The molecule has 0 bridgehead atoms. The molecule has 3 atom stereocenters. The zero-order chi connectivity index (χ0) is 18.1. The summed E-state index contributed by atoms with van der Waals surface area (Å²) >= 11 is 1.98. The van der Waals surface area contributed by atoms with Crippen molar-refractivity contribution in [2.75, 3.05) is 51.0 Å². The third-order valence-corrected chi connectivity index (χ3v) is 7.81. The molecule has 1 aliphatic carbocycles. The van der Waals surface area contributed by atoms with Crippen molar-refractivity contribution >= 4 is 42.5 Å². The maximum absolute atomic E-state index is 13.0. The molecule has 9 heteroatoms. The molecular formula is C18H35Cl2N3O3S. The van der Waals surface area contributed by atoms with E-state index in [0.717, 1.165) is 44.2 Å². The zero-order valence-corrected chi connectivity index (χ0v) is 19.1. The van der Waals surface area contributed by atoms with Gasteiger partial charge in [0.05, 0.1) is 19.3 Å². The van der Waals surface area contributed by atoms with Gasteiger partial charge in [-0.1, -0.05) is 13.8 Å². The number of rotatable bonds is 6. The highest BCUT2D eigenvalue weighted by molar-refractivity contribution is 7.99. The molecule has 2 saturated heterocycles. The Morgan fingerprint density at radius 2 is 2.00 bits per heavy atom. The molecule has 160 valence electrons. The van der Waals surface area contributed by atoms with Crippen LogP contribution in [0.4, 0.5) is 0 Å². The highest BCUT2D eigenvalue weighted by atomic mass is 35.5. The third kappa shape index (κ3) is 4.55. The molecule has 2 aliphatic heterocycles. The Hall–Kier alpha value is 0.240. The van der Waals surface area contributed by atoms with Crippen molar-refractivity contribution in [3.63, 3.8) is 0 Å². The van der Waals surface area contributed by atoms with Gasteiger partial charge < -0.3 is 20.5 Å². The van der Waals surface area contributed by atoms with Crippen molar-refractivity contribution in [1.82, 2.24) is 10.2 Å². The summed E-state index contributed by atoms with van der Waals surface area (Å²) in [5.41, 5.74) is 5.38. The van der Waals surface area contributed by atoms with Gasteiger partial charge in [-0.05, 0) is 19.1 Å². The fraction of sp³-hybridized carbons (Fsp3) is 0.944. The molecule has 3 N–H and O–H groups in total. The summed E-state index contributed by atoms with van der Waals surface area (Å²) < 4.78 is 11.2. The number of morpholine rings is 1. The normalized spacial score (nSPS) is 35.5. The van der Waals surface area contributed by atoms with Crippen LogP contribution in [-0.4, -0.2) is 78.9 Å². The van der Waals surface area contributed by atoms with Crippen molar-refractivity contribution in [2.24, 2.45) is 11.1 Å². The molecule has 1 saturated carbocycles. The van der Waals surface area contributed by atoms with Crippen LogP contribution in [0.2, 0.25) is 0 Å². The largest absolute Gasteiger partial charge is 0.379 e. The number of hydrogen-bond donors (Lipinski definition) is 2. The maximum Gasteiger partial charge on any atom is 0.240 e. The van der Waals surface area contributed by atoms with Gasteiger partial charge in [0.1, 0.15) is 5.54 Å². The monoisotopic (exact) mass is 443 g/mol. The molecule has 0 radical (unpaired) electrons. The van der Waals surface area contributed by atoms with E-state index >= 15 is 0 Å². The third-order valence-electron chi connectivity index (χ3n) is 6.58. The first kappa shape index (κ1) is 25.3. The molecule has 2 heterocycles. The second kappa shape index (κ2) is 9.83. The Bertz CT molecular complexity index is 500. The maximum atomic E-state index is 13.0. The Morgan fingerprint density at radius 3 is 2.52 bits per heavy atom. The first-order valence-electron chi connectivity index (χ1n) is 9.45. The summed E-state index contributed by atoms with van der Waals surface area (Å²) in [6.45, 7) is 10.9. The minimum atomic E-state index is -0.842. The van der Waals surface area contributed by atoms with Crippen LogP contribution in [0, 0.1) is 5.41 Å². The number of carbonyl (C=O) groups is 1. The highest BCUT2D eigenvalue weighted by Crippen LogP contribution is 2.50. The van der Waals surface area contributed by atoms with E-state index in [1.165, 1.54) is 0 Å². The SMILES string of the molecule is CCOC1CC(N)(C(=O)NCC2(N3CCOCC3)CCSC2)C1(C)C.Cl.Cl. The van der Waals surface area contributed by atoms with E-state index in [1.807, 2.05) is 32.5 Å². The van der Waals surface area contributed by atoms with Crippen LogP contribution in [0.15, 0.2) is 0 Å². The van der Waals surface area contributed by atoms with Gasteiger partial charge in [0.2, 0.25) is 5.91 Å². The summed E-state index contributed by atoms with van der Waals surface area (Å²) in [7, 11) is 0. The lowest BCUT2D eigenvalue weighted by atomic mass is 9.54. The number of amides is 1. The minimum Gasteiger partial charge on any atom is -0.379 e. The molecule has 3 aliphatic rings. The minimum absolute atomic E-state index is 0. The van der Waals surface area contributed by atoms with E-state index in [-0.39, 0.29) is 47.8 Å². The van der Waals surface area contributed by atoms with Gasteiger partial charge in [-0.3, -0.25) is 9.69 Å². The molecule has 3 fully saturated rings. The molecule has 0 aromatic heterocycles. The number of ether oxygens (including phenoxy) is 2. The van der Waals surface area contributed by atoms with E-state index in [4.69, 9.17) is 15.2 Å². The summed E-state index contributed by atoms with van der Waals surface area (Å²) in [5.74, 6) is 2.19. The van der Waals surface area contributed by atoms with Crippen LogP contribution in [0.1, 0.15) is 33.6 Å². The average Bonchev–Trinajstić information content (AvgIpc) is 3.10. The van der Waals surface area contributed by atoms with E-state index in [0.29, 0.717) is 19.6 Å². The number of thioether (sulfide) groups is 1. The number of nitrogens with zero attached hydrogens (tertiary/aromatic N) is 1. The fourth-order valence-electron chi connectivity index (χ4n) is 4.36. The first-order chi connectivity index (χ1) is 11.9. The van der Waals surface area contributed by atoms with E-state index in [2.05, 4.69) is 10.2 Å². The quantitative estimate of drug-likeness (QED) is 0.650. The molecule has 6 nitrogen and oxygen atoms in total. The van der Waals surface area contributed by atoms with E-state index in [1.54, 1.807) is 0 Å². The van der Waals surface area contributed by atoms with Crippen molar-refractivity contribution in [1.29, 1.82) is 0 Å². The number of hydrogen-bond acceptors (Lipinski definition) is 6. The standard InChI is InChI=1S/C18H33N3O3S.2ClH/c1-4-24-14-11-18(19,16(14,2)3)15(22)20-12-17(5-10-25-13-17)21-6-8-23-9-7-21;;/h14H,4-13,19H2,1-3H3,(H,20,22);2*1H. The summed E-state index contributed by atoms with van der Waals surface area (Å²) in [6, 6.07) is 0.